The number of sulfonamides is 1. The van der Waals surface area contributed by atoms with Gasteiger partial charge >= 0.3 is 5.97 Å². The Balaban J connectivity index is 0.00000338. The number of aryl methyl sites for hydroxylation is 1. The van der Waals surface area contributed by atoms with Crippen LogP contribution in [0.15, 0.2) is 23.1 Å². The van der Waals surface area contributed by atoms with Crippen molar-refractivity contribution in [2.75, 3.05) is 33.4 Å². The van der Waals surface area contributed by atoms with Gasteiger partial charge in [-0.05, 0) is 44.9 Å². The molecular weight excluding hydrogens is 380 g/mol. The second-order valence-electron chi connectivity index (χ2n) is 6.11. The van der Waals surface area contributed by atoms with E-state index in [2.05, 4.69) is 0 Å². The third kappa shape index (κ3) is 5.40. The van der Waals surface area contributed by atoms with E-state index in [4.69, 9.17) is 15.2 Å². The zero-order chi connectivity index (χ0) is 18.4. The van der Waals surface area contributed by atoms with Crippen LogP contribution in [0.4, 0.5) is 0 Å². The maximum atomic E-state index is 13.0. The molecule has 0 amide bonds. The van der Waals surface area contributed by atoms with Crippen LogP contribution in [0.5, 0.6) is 0 Å². The van der Waals surface area contributed by atoms with Gasteiger partial charge in [0.1, 0.15) is 0 Å². The highest BCUT2D eigenvalue weighted by Crippen LogP contribution is 2.26. The van der Waals surface area contributed by atoms with Crippen LogP contribution in [0.1, 0.15) is 35.2 Å². The Kier molecular flexibility index (Phi) is 8.99. The van der Waals surface area contributed by atoms with Crippen molar-refractivity contribution in [1.29, 1.82) is 0 Å². The van der Waals surface area contributed by atoms with Gasteiger partial charge in [-0.2, -0.15) is 4.31 Å². The third-order valence-electron chi connectivity index (χ3n) is 4.26. The van der Waals surface area contributed by atoms with Crippen molar-refractivity contribution >= 4 is 28.4 Å². The maximum absolute atomic E-state index is 13.0. The van der Waals surface area contributed by atoms with Gasteiger partial charge < -0.3 is 15.2 Å². The summed E-state index contributed by atoms with van der Waals surface area (Å²) in [5.41, 5.74) is 6.31. The summed E-state index contributed by atoms with van der Waals surface area (Å²) in [6, 6.07) is 4.70. The molecule has 1 aromatic rings. The fraction of sp³-hybridized carbons (Fsp3) is 0.588. The summed E-state index contributed by atoms with van der Waals surface area (Å²) in [6.07, 6.45) is 2.10. The zero-order valence-electron chi connectivity index (χ0n) is 15.1. The van der Waals surface area contributed by atoms with Gasteiger partial charge in [-0.1, -0.05) is 11.6 Å². The molecule has 1 heterocycles. The van der Waals surface area contributed by atoms with Crippen molar-refractivity contribution < 1.29 is 22.7 Å². The molecule has 1 aromatic carbocycles. The summed E-state index contributed by atoms with van der Waals surface area (Å²) in [4.78, 5) is 12.0. The van der Waals surface area contributed by atoms with E-state index < -0.39 is 16.0 Å². The molecule has 9 heteroatoms. The molecule has 26 heavy (non-hydrogen) atoms. The molecule has 0 aromatic heterocycles. The van der Waals surface area contributed by atoms with E-state index in [9.17, 15) is 13.2 Å². The lowest BCUT2D eigenvalue weighted by atomic mass is 10.1. The van der Waals surface area contributed by atoms with E-state index >= 15 is 0 Å². The number of rotatable bonds is 7. The lowest BCUT2D eigenvalue weighted by molar-refractivity contribution is 0.0208. The second kappa shape index (κ2) is 10.2. The molecule has 2 rings (SSSR count). The Hall–Kier alpha value is -1.19. The summed E-state index contributed by atoms with van der Waals surface area (Å²) in [6.45, 7) is 3.70. The van der Waals surface area contributed by atoms with E-state index in [1.165, 1.54) is 17.5 Å². The van der Waals surface area contributed by atoms with Crippen LogP contribution in [0, 0.1) is 6.92 Å². The third-order valence-corrected chi connectivity index (χ3v) is 6.22. The normalized spacial score (nSPS) is 16.1. The average molecular weight is 407 g/mol. The summed E-state index contributed by atoms with van der Waals surface area (Å²) in [5.74, 6) is -0.651. The predicted molar refractivity (Wildman–Crippen MR) is 101 cm³/mol. The highest BCUT2D eigenvalue weighted by molar-refractivity contribution is 7.89. The minimum Gasteiger partial charge on any atom is -0.465 e. The number of nitrogens with two attached hydrogens (primary N) is 1. The summed E-state index contributed by atoms with van der Waals surface area (Å²) < 4.78 is 37.8. The van der Waals surface area contributed by atoms with Gasteiger partial charge in [-0.25, -0.2) is 13.2 Å². The number of carbonyl (C=O) groups is 1. The number of methoxy groups -OCH3 is 1. The molecule has 0 radical (unpaired) electrons. The Morgan fingerprint density at radius 1 is 1.31 bits per heavy atom. The van der Waals surface area contributed by atoms with Crippen molar-refractivity contribution in [2.45, 2.75) is 37.2 Å². The number of piperidine rings is 1. The van der Waals surface area contributed by atoms with Crippen LogP contribution in [-0.4, -0.2) is 58.1 Å². The highest BCUT2D eigenvalue weighted by Gasteiger charge is 2.32. The van der Waals surface area contributed by atoms with Crippen molar-refractivity contribution in [3.8, 4) is 0 Å². The SMILES string of the molecule is COC(=O)c1cc(C)ccc1S(=O)(=O)N1CCC(OCCCN)CC1.Cl. The Bertz CT molecular complexity index is 703. The standard InChI is InChI=1S/C17H26N2O5S.ClH/c1-13-4-5-16(15(12-13)17(20)23-2)25(21,22)19-9-6-14(7-10-19)24-11-3-8-18;/h4-5,12,14H,3,6-11,18H2,1-2H3;1H. The Labute approximate surface area is 161 Å². The molecule has 0 unspecified atom stereocenters. The average Bonchev–Trinajstić information content (AvgIpc) is 2.61. The number of hydrogen-bond acceptors (Lipinski definition) is 6. The highest BCUT2D eigenvalue weighted by atomic mass is 35.5. The molecule has 7 nitrogen and oxygen atoms in total. The zero-order valence-corrected chi connectivity index (χ0v) is 16.8. The van der Waals surface area contributed by atoms with Gasteiger partial charge in [0.15, 0.2) is 0 Å². The first-order valence-electron chi connectivity index (χ1n) is 8.41. The van der Waals surface area contributed by atoms with Crippen molar-refractivity contribution in [3.63, 3.8) is 0 Å². The van der Waals surface area contributed by atoms with Gasteiger partial charge in [0, 0.05) is 19.7 Å². The first kappa shape index (κ1) is 22.9. The number of benzene rings is 1. The molecule has 148 valence electrons. The summed E-state index contributed by atoms with van der Waals surface area (Å²) in [7, 11) is -2.51. The van der Waals surface area contributed by atoms with E-state index in [1.807, 2.05) is 0 Å². The molecule has 0 spiro atoms. The van der Waals surface area contributed by atoms with Gasteiger partial charge in [0.25, 0.3) is 0 Å². The van der Waals surface area contributed by atoms with E-state index in [0.717, 1.165) is 12.0 Å². The quantitative estimate of drug-likeness (QED) is 0.546. The van der Waals surface area contributed by atoms with Crippen molar-refractivity contribution in [2.24, 2.45) is 5.73 Å². The number of esters is 1. The Morgan fingerprint density at radius 2 is 1.96 bits per heavy atom. The molecule has 2 N–H and O–H groups in total. The van der Waals surface area contributed by atoms with Crippen LogP contribution < -0.4 is 5.73 Å². The lowest BCUT2D eigenvalue weighted by Gasteiger charge is -2.31. The second-order valence-corrected chi connectivity index (χ2v) is 8.01. The van der Waals surface area contributed by atoms with Crippen LogP contribution in [0.25, 0.3) is 0 Å². The molecule has 1 aliphatic heterocycles. The summed E-state index contributed by atoms with van der Waals surface area (Å²) >= 11 is 0. The largest absolute Gasteiger partial charge is 0.465 e. The van der Waals surface area contributed by atoms with E-state index in [1.54, 1.807) is 19.1 Å². The predicted octanol–water partition coefficient (Wildman–Crippen LogP) is 1.72. The number of carbonyl (C=O) groups excluding carboxylic acids is 1. The molecule has 1 fully saturated rings. The number of hydrogen-bond donors (Lipinski definition) is 1. The molecular formula is C17H27ClN2O5S. The van der Waals surface area contributed by atoms with E-state index in [-0.39, 0.29) is 29.0 Å². The smallest absolute Gasteiger partial charge is 0.339 e. The topological polar surface area (TPSA) is 98.9 Å². The van der Waals surface area contributed by atoms with Crippen LogP contribution in [-0.2, 0) is 19.5 Å². The summed E-state index contributed by atoms with van der Waals surface area (Å²) in [5, 5.41) is 0. The minimum atomic E-state index is -3.76. The molecule has 1 saturated heterocycles. The van der Waals surface area contributed by atoms with E-state index in [0.29, 0.717) is 39.1 Å². The lowest BCUT2D eigenvalue weighted by Crippen LogP contribution is -2.41. The first-order chi connectivity index (χ1) is 11.9. The first-order valence-corrected chi connectivity index (χ1v) is 9.85. The molecule has 0 bridgehead atoms. The number of halogens is 1. The fourth-order valence-electron chi connectivity index (χ4n) is 2.85. The van der Waals surface area contributed by atoms with Gasteiger partial charge in [0.2, 0.25) is 10.0 Å². The Morgan fingerprint density at radius 3 is 2.54 bits per heavy atom. The molecule has 1 aliphatic rings. The van der Waals surface area contributed by atoms with Crippen LogP contribution in [0.3, 0.4) is 0 Å². The maximum Gasteiger partial charge on any atom is 0.339 e. The monoisotopic (exact) mass is 406 g/mol. The number of ether oxygens (including phenoxy) is 2. The molecule has 0 saturated carbocycles. The van der Waals surface area contributed by atoms with Gasteiger partial charge in [0.05, 0.1) is 23.7 Å². The van der Waals surface area contributed by atoms with Crippen molar-refractivity contribution in [3.05, 3.63) is 29.3 Å². The fourth-order valence-corrected chi connectivity index (χ4v) is 4.48. The molecule has 0 atom stereocenters. The van der Waals surface area contributed by atoms with Gasteiger partial charge in [-0.15, -0.1) is 12.4 Å². The van der Waals surface area contributed by atoms with Crippen LogP contribution in [0.2, 0.25) is 0 Å². The van der Waals surface area contributed by atoms with Crippen LogP contribution >= 0.6 is 12.4 Å². The van der Waals surface area contributed by atoms with Gasteiger partial charge in [-0.3, -0.25) is 0 Å². The molecule has 0 aliphatic carbocycles. The number of nitrogens with zero attached hydrogens (tertiary/aromatic N) is 1. The minimum absolute atomic E-state index is 0. The van der Waals surface area contributed by atoms with Crippen molar-refractivity contribution in [1.82, 2.24) is 4.31 Å².